The maximum Gasteiger partial charge on any atom is 0.314 e. The zero-order valence-corrected chi connectivity index (χ0v) is 9.15. The number of hydrogen-bond donors (Lipinski definition) is 3. The number of amides is 2. The van der Waals surface area contributed by atoms with Crippen molar-refractivity contribution in [3.63, 3.8) is 0 Å². The first-order valence-corrected chi connectivity index (χ1v) is 5.27. The van der Waals surface area contributed by atoms with Gasteiger partial charge >= 0.3 is 6.03 Å². The van der Waals surface area contributed by atoms with E-state index in [2.05, 4.69) is 22.5 Å². The summed E-state index contributed by atoms with van der Waals surface area (Å²) in [5, 5.41) is 15.6. The molecule has 0 aliphatic rings. The lowest BCUT2D eigenvalue weighted by Crippen LogP contribution is -2.31. The summed E-state index contributed by atoms with van der Waals surface area (Å²) < 4.78 is 0. The first-order valence-electron chi connectivity index (χ1n) is 4.39. The van der Waals surface area contributed by atoms with E-state index in [1.807, 2.05) is 11.4 Å². The SMILES string of the molecule is CNC(=O)NCc1sccc1C#CCO. The van der Waals surface area contributed by atoms with Crippen molar-refractivity contribution in [1.29, 1.82) is 0 Å². The Labute approximate surface area is 92.3 Å². The van der Waals surface area contributed by atoms with E-state index in [1.54, 1.807) is 7.05 Å². The lowest BCUT2D eigenvalue weighted by Gasteiger charge is -2.02. The highest BCUT2D eigenvalue weighted by molar-refractivity contribution is 7.10. The van der Waals surface area contributed by atoms with Crippen LogP contribution in [0.25, 0.3) is 0 Å². The van der Waals surface area contributed by atoms with E-state index in [-0.39, 0.29) is 12.6 Å². The van der Waals surface area contributed by atoms with Crippen LogP contribution in [0, 0.1) is 11.8 Å². The van der Waals surface area contributed by atoms with Gasteiger partial charge in [-0.1, -0.05) is 11.8 Å². The van der Waals surface area contributed by atoms with Gasteiger partial charge in [0.2, 0.25) is 0 Å². The minimum Gasteiger partial charge on any atom is -0.384 e. The van der Waals surface area contributed by atoms with Crippen LogP contribution in [0.5, 0.6) is 0 Å². The van der Waals surface area contributed by atoms with Gasteiger partial charge in [0.05, 0.1) is 6.54 Å². The number of carbonyl (C=O) groups is 1. The molecule has 1 heterocycles. The average molecular weight is 224 g/mol. The van der Waals surface area contributed by atoms with Crippen LogP contribution in [0.3, 0.4) is 0 Å². The highest BCUT2D eigenvalue weighted by Gasteiger charge is 2.03. The number of aliphatic hydroxyl groups excluding tert-OH is 1. The molecule has 80 valence electrons. The minimum atomic E-state index is -0.218. The van der Waals surface area contributed by atoms with Gasteiger partial charge in [-0.15, -0.1) is 11.3 Å². The molecular formula is C10H12N2O2S. The number of rotatable bonds is 2. The van der Waals surface area contributed by atoms with E-state index in [4.69, 9.17) is 5.11 Å². The second-order valence-corrected chi connectivity index (χ2v) is 3.65. The van der Waals surface area contributed by atoms with Crippen LogP contribution >= 0.6 is 11.3 Å². The molecule has 0 bridgehead atoms. The van der Waals surface area contributed by atoms with Crippen LogP contribution in [0.4, 0.5) is 4.79 Å². The molecular weight excluding hydrogens is 212 g/mol. The Balaban J connectivity index is 2.61. The number of urea groups is 1. The van der Waals surface area contributed by atoms with Gasteiger partial charge in [-0.25, -0.2) is 4.79 Å². The first kappa shape index (κ1) is 11.6. The van der Waals surface area contributed by atoms with Crippen LogP contribution in [0.2, 0.25) is 0 Å². The molecule has 0 aliphatic carbocycles. The largest absolute Gasteiger partial charge is 0.384 e. The molecule has 1 aromatic heterocycles. The van der Waals surface area contributed by atoms with Gasteiger partial charge in [-0.05, 0) is 11.4 Å². The van der Waals surface area contributed by atoms with Crippen LogP contribution in [-0.2, 0) is 6.54 Å². The molecule has 2 amide bonds. The Morgan fingerprint density at radius 3 is 3.13 bits per heavy atom. The predicted octanol–water partition coefficient (Wildman–Crippen LogP) is 0.521. The predicted molar refractivity (Wildman–Crippen MR) is 59.6 cm³/mol. The summed E-state index contributed by atoms with van der Waals surface area (Å²) in [6, 6.07) is 1.65. The van der Waals surface area contributed by atoms with Gasteiger partial charge in [-0.2, -0.15) is 0 Å². The lowest BCUT2D eigenvalue weighted by molar-refractivity contribution is 0.242. The summed E-state index contributed by atoms with van der Waals surface area (Å²) in [5.74, 6) is 5.40. The van der Waals surface area contributed by atoms with Crippen LogP contribution in [0.1, 0.15) is 10.4 Å². The molecule has 4 nitrogen and oxygen atoms in total. The average Bonchev–Trinajstić information content (AvgIpc) is 2.70. The quantitative estimate of drug-likeness (QED) is 0.641. The maximum atomic E-state index is 10.9. The molecule has 0 unspecified atom stereocenters. The number of thiophene rings is 1. The Morgan fingerprint density at radius 2 is 2.47 bits per heavy atom. The molecule has 1 rings (SSSR count). The van der Waals surface area contributed by atoms with Crippen molar-refractivity contribution in [2.24, 2.45) is 0 Å². The smallest absolute Gasteiger partial charge is 0.314 e. The molecule has 0 aliphatic heterocycles. The summed E-state index contributed by atoms with van der Waals surface area (Å²) >= 11 is 1.53. The molecule has 0 saturated carbocycles. The summed E-state index contributed by atoms with van der Waals surface area (Å²) in [7, 11) is 1.57. The Morgan fingerprint density at radius 1 is 1.67 bits per heavy atom. The van der Waals surface area contributed by atoms with E-state index >= 15 is 0 Å². The van der Waals surface area contributed by atoms with Crippen molar-refractivity contribution < 1.29 is 9.90 Å². The zero-order valence-electron chi connectivity index (χ0n) is 8.33. The summed E-state index contributed by atoms with van der Waals surface area (Å²) in [6.07, 6.45) is 0. The summed E-state index contributed by atoms with van der Waals surface area (Å²) in [6.45, 7) is 0.297. The molecule has 0 fully saturated rings. The van der Waals surface area contributed by atoms with E-state index in [0.29, 0.717) is 6.54 Å². The third kappa shape index (κ3) is 3.62. The monoisotopic (exact) mass is 224 g/mol. The summed E-state index contributed by atoms with van der Waals surface area (Å²) in [5.41, 5.74) is 0.852. The molecule has 0 radical (unpaired) electrons. The van der Waals surface area contributed by atoms with Crippen molar-refractivity contribution in [2.75, 3.05) is 13.7 Å². The zero-order chi connectivity index (χ0) is 11.1. The fourth-order valence-electron chi connectivity index (χ4n) is 0.973. The van der Waals surface area contributed by atoms with Crippen molar-refractivity contribution >= 4 is 17.4 Å². The Hall–Kier alpha value is -1.51. The second-order valence-electron chi connectivity index (χ2n) is 2.65. The molecule has 0 atom stereocenters. The van der Waals surface area contributed by atoms with Gasteiger partial charge in [0, 0.05) is 17.5 Å². The van der Waals surface area contributed by atoms with Gasteiger partial charge in [-0.3, -0.25) is 0 Å². The third-order valence-electron chi connectivity index (χ3n) is 1.68. The van der Waals surface area contributed by atoms with E-state index in [1.165, 1.54) is 11.3 Å². The fourth-order valence-corrected chi connectivity index (χ4v) is 1.74. The molecule has 5 heteroatoms. The van der Waals surface area contributed by atoms with E-state index in [0.717, 1.165) is 10.4 Å². The number of carbonyl (C=O) groups excluding carboxylic acids is 1. The molecule has 0 saturated heterocycles. The highest BCUT2D eigenvalue weighted by atomic mass is 32.1. The highest BCUT2D eigenvalue weighted by Crippen LogP contribution is 2.15. The van der Waals surface area contributed by atoms with Crippen molar-refractivity contribution in [2.45, 2.75) is 6.54 Å². The molecule has 15 heavy (non-hydrogen) atoms. The van der Waals surface area contributed by atoms with Gasteiger partial charge in [0.1, 0.15) is 6.61 Å². The van der Waals surface area contributed by atoms with Gasteiger partial charge in [0.15, 0.2) is 0 Å². The molecule has 0 aromatic carbocycles. The van der Waals surface area contributed by atoms with Crippen molar-refractivity contribution in [3.8, 4) is 11.8 Å². The molecule has 3 N–H and O–H groups in total. The van der Waals surface area contributed by atoms with Crippen LogP contribution in [-0.4, -0.2) is 24.8 Å². The van der Waals surface area contributed by atoms with Crippen molar-refractivity contribution in [1.82, 2.24) is 10.6 Å². The van der Waals surface area contributed by atoms with Crippen LogP contribution < -0.4 is 10.6 Å². The number of nitrogens with one attached hydrogen (secondary N) is 2. The van der Waals surface area contributed by atoms with Gasteiger partial charge in [0.25, 0.3) is 0 Å². The number of hydrogen-bond acceptors (Lipinski definition) is 3. The fraction of sp³-hybridized carbons (Fsp3) is 0.300. The molecule has 0 spiro atoms. The van der Waals surface area contributed by atoms with E-state index in [9.17, 15) is 4.79 Å². The van der Waals surface area contributed by atoms with Gasteiger partial charge < -0.3 is 15.7 Å². The van der Waals surface area contributed by atoms with Crippen molar-refractivity contribution in [3.05, 3.63) is 21.9 Å². The Bertz CT molecular complexity index is 390. The Kier molecular flexibility index (Phi) is 4.68. The second kappa shape index (κ2) is 6.06. The lowest BCUT2D eigenvalue weighted by atomic mass is 10.2. The molecule has 1 aromatic rings. The number of aliphatic hydroxyl groups is 1. The summed E-state index contributed by atoms with van der Waals surface area (Å²) in [4.78, 5) is 11.9. The maximum absolute atomic E-state index is 10.9. The standard InChI is InChI=1S/C10H12N2O2S/c1-11-10(14)12-7-9-8(3-2-5-13)4-6-15-9/h4,6,13H,5,7H2,1H3,(H2,11,12,14). The minimum absolute atomic E-state index is 0.155. The third-order valence-corrected chi connectivity index (χ3v) is 2.61. The first-order chi connectivity index (χ1) is 7.27. The normalized spacial score (nSPS) is 8.93. The van der Waals surface area contributed by atoms with E-state index < -0.39 is 0 Å². The topological polar surface area (TPSA) is 61.4 Å². The van der Waals surface area contributed by atoms with Crippen LogP contribution in [0.15, 0.2) is 11.4 Å².